The molecule has 1 aromatic rings. The van der Waals surface area contributed by atoms with Crippen molar-refractivity contribution in [3.63, 3.8) is 0 Å². The molecular formula is C9H6ClF2N3S. The lowest BCUT2D eigenvalue weighted by Gasteiger charge is -2.03. The quantitative estimate of drug-likeness (QED) is 0.278. The lowest BCUT2D eigenvalue weighted by Crippen LogP contribution is -2.12. The van der Waals surface area contributed by atoms with Crippen molar-refractivity contribution in [3.8, 4) is 6.19 Å². The van der Waals surface area contributed by atoms with Crippen molar-refractivity contribution in [2.45, 2.75) is 0 Å². The van der Waals surface area contributed by atoms with E-state index in [9.17, 15) is 8.78 Å². The van der Waals surface area contributed by atoms with Gasteiger partial charge in [0, 0.05) is 0 Å². The molecule has 1 aromatic carbocycles. The third-order valence-corrected chi connectivity index (χ3v) is 2.47. The zero-order valence-corrected chi connectivity index (χ0v) is 9.66. The molecule has 16 heavy (non-hydrogen) atoms. The van der Waals surface area contributed by atoms with Gasteiger partial charge in [0.05, 0.1) is 5.02 Å². The van der Waals surface area contributed by atoms with Gasteiger partial charge in [0.25, 0.3) is 0 Å². The van der Waals surface area contributed by atoms with Crippen LogP contribution in [0.15, 0.2) is 17.1 Å². The van der Waals surface area contributed by atoms with Crippen LogP contribution in [0, 0.1) is 23.1 Å². The van der Waals surface area contributed by atoms with Crippen molar-refractivity contribution < 1.29 is 8.78 Å². The third kappa shape index (κ3) is 2.84. The minimum atomic E-state index is -1.14. The largest absolute Gasteiger partial charge is 0.271 e. The molecule has 1 rings (SSSR count). The number of hydrogen-bond acceptors (Lipinski definition) is 3. The molecule has 0 aliphatic carbocycles. The molecular weight excluding hydrogens is 256 g/mol. The highest BCUT2D eigenvalue weighted by Crippen LogP contribution is 2.30. The Kier molecular flexibility index (Phi) is 4.52. The van der Waals surface area contributed by atoms with Gasteiger partial charge in [0.2, 0.25) is 0 Å². The molecule has 0 fully saturated rings. The lowest BCUT2D eigenvalue weighted by atomic mass is 10.3. The summed E-state index contributed by atoms with van der Waals surface area (Å²) in [6.07, 6.45) is 3.26. The number of nitrogens with zero attached hydrogens (tertiary/aromatic N) is 2. The Hall–Kier alpha value is -1.32. The molecule has 0 aromatic heterocycles. The Morgan fingerprint density at radius 3 is 2.81 bits per heavy atom. The third-order valence-electron chi connectivity index (χ3n) is 1.59. The summed E-state index contributed by atoms with van der Waals surface area (Å²) >= 11 is 6.75. The standard InChI is InChI=1S/C9H6ClF2N3S/c1-16-9(14-4-13)15-8-5(10)2-3-6(11)7(8)12/h2-3H,1H3,(H,14,15). The normalized spacial score (nSPS) is 11.1. The van der Waals surface area contributed by atoms with E-state index in [0.29, 0.717) is 0 Å². The average molecular weight is 262 g/mol. The fraction of sp³-hybridized carbons (Fsp3) is 0.111. The van der Waals surface area contributed by atoms with Gasteiger partial charge in [0.1, 0.15) is 5.69 Å². The smallest absolute Gasteiger partial charge is 0.186 e. The summed E-state index contributed by atoms with van der Waals surface area (Å²) < 4.78 is 26.2. The number of nitrogens with one attached hydrogen (secondary N) is 1. The molecule has 0 saturated heterocycles. The Labute approximate surface area is 100 Å². The highest BCUT2D eigenvalue weighted by atomic mass is 35.5. The molecule has 0 unspecified atom stereocenters. The van der Waals surface area contributed by atoms with Crippen molar-refractivity contribution in [1.82, 2.24) is 5.32 Å². The summed E-state index contributed by atoms with van der Waals surface area (Å²) in [5, 5.41) is 10.7. The van der Waals surface area contributed by atoms with Gasteiger partial charge in [0.15, 0.2) is 23.0 Å². The summed E-state index contributed by atoms with van der Waals surface area (Å²) in [4.78, 5) is 3.73. The summed E-state index contributed by atoms with van der Waals surface area (Å²) in [5.41, 5.74) is -0.325. The molecule has 0 radical (unpaired) electrons. The van der Waals surface area contributed by atoms with Crippen molar-refractivity contribution in [2.75, 3.05) is 6.26 Å². The molecule has 0 saturated carbocycles. The number of aliphatic imine (C=N–C) groups is 1. The van der Waals surface area contributed by atoms with Crippen LogP contribution in [0.2, 0.25) is 5.02 Å². The highest BCUT2D eigenvalue weighted by Gasteiger charge is 2.12. The van der Waals surface area contributed by atoms with Crippen LogP contribution in [0.3, 0.4) is 0 Å². The summed E-state index contributed by atoms with van der Waals surface area (Å²) in [6.45, 7) is 0. The van der Waals surface area contributed by atoms with Crippen LogP contribution in [-0.4, -0.2) is 11.4 Å². The molecule has 1 N–H and O–H groups in total. The molecule has 7 heteroatoms. The van der Waals surface area contributed by atoms with Crippen LogP contribution in [0.1, 0.15) is 0 Å². The van der Waals surface area contributed by atoms with Crippen molar-refractivity contribution >= 4 is 34.2 Å². The van der Waals surface area contributed by atoms with Gasteiger partial charge < -0.3 is 0 Å². The SMILES string of the molecule is CSC(=Nc1c(Cl)ccc(F)c1F)NC#N. The van der Waals surface area contributed by atoms with E-state index in [1.165, 1.54) is 6.07 Å². The summed E-state index contributed by atoms with van der Waals surface area (Å²) in [6, 6.07) is 2.11. The number of halogens is 3. The molecule has 0 bridgehead atoms. The molecule has 0 aliphatic rings. The Balaban J connectivity index is 3.23. The molecule has 0 atom stereocenters. The van der Waals surface area contributed by atoms with E-state index < -0.39 is 11.6 Å². The number of benzene rings is 1. The zero-order chi connectivity index (χ0) is 12.1. The first-order valence-corrected chi connectivity index (χ1v) is 5.61. The topological polar surface area (TPSA) is 48.2 Å². The monoisotopic (exact) mass is 261 g/mol. The lowest BCUT2D eigenvalue weighted by molar-refractivity contribution is 0.510. The maximum Gasteiger partial charge on any atom is 0.186 e. The second-order valence-electron chi connectivity index (χ2n) is 2.55. The number of thioether (sulfide) groups is 1. The average Bonchev–Trinajstić information content (AvgIpc) is 2.28. The van der Waals surface area contributed by atoms with Gasteiger partial charge in [-0.25, -0.2) is 13.8 Å². The molecule has 0 aliphatic heterocycles. The second-order valence-corrected chi connectivity index (χ2v) is 3.75. The van der Waals surface area contributed by atoms with Crippen LogP contribution in [0.4, 0.5) is 14.5 Å². The number of hydrogen-bond donors (Lipinski definition) is 1. The van der Waals surface area contributed by atoms with E-state index in [-0.39, 0.29) is 15.9 Å². The first-order valence-electron chi connectivity index (χ1n) is 4.01. The molecule has 3 nitrogen and oxygen atoms in total. The molecule has 0 amide bonds. The first kappa shape index (κ1) is 12.7. The fourth-order valence-corrected chi connectivity index (χ4v) is 1.41. The van der Waals surface area contributed by atoms with Crippen LogP contribution in [0.5, 0.6) is 0 Å². The van der Waals surface area contributed by atoms with E-state index in [1.807, 2.05) is 0 Å². The number of amidine groups is 1. The van der Waals surface area contributed by atoms with Crippen molar-refractivity contribution in [3.05, 3.63) is 28.8 Å². The Bertz CT molecular complexity index is 471. The van der Waals surface area contributed by atoms with E-state index >= 15 is 0 Å². The van der Waals surface area contributed by atoms with Crippen LogP contribution < -0.4 is 5.32 Å². The highest BCUT2D eigenvalue weighted by molar-refractivity contribution is 8.13. The van der Waals surface area contributed by atoms with E-state index in [4.69, 9.17) is 16.9 Å². The van der Waals surface area contributed by atoms with Crippen LogP contribution in [-0.2, 0) is 0 Å². The fourth-order valence-electron chi connectivity index (χ4n) is 0.893. The van der Waals surface area contributed by atoms with Crippen molar-refractivity contribution in [1.29, 1.82) is 5.26 Å². The number of nitriles is 1. The van der Waals surface area contributed by atoms with Gasteiger partial charge in [-0.1, -0.05) is 23.4 Å². The minimum absolute atomic E-state index is 0.0230. The van der Waals surface area contributed by atoms with Gasteiger partial charge in [-0.2, -0.15) is 5.26 Å². The van der Waals surface area contributed by atoms with E-state index in [1.54, 1.807) is 12.4 Å². The van der Waals surface area contributed by atoms with Crippen molar-refractivity contribution in [2.24, 2.45) is 4.99 Å². The maximum atomic E-state index is 13.3. The predicted octanol–water partition coefficient (Wildman–Crippen LogP) is 3.04. The maximum absolute atomic E-state index is 13.3. The van der Waals surface area contributed by atoms with Gasteiger partial charge in [-0.05, 0) is 18.4 Å². The van der Waals surface area contributed by atoms with Gasteiger partial charge in [-0.15, -0.1) is 0 Å². The van der Waals surface area contributed by atoms with Crippen LogP contribution in [0.25, 0.3) is 0 Å². The zero-order valence-electron chi connectivity index (χ0n) is 8.09. The predicted molar refractivity (Wildman–Crippen MR) is 60.7 cm³/mol. The van der Waals surface area contributed by atoms with E-state index in [0.717, 1.165) is 17.8 Å². The van der Waals surface area contributed by atoms with E-state index in [2.05, 4.69) is 10.3 Å². The minimum Gasteiger partial charge on any atom is -0.271 e. The summed E-state index contributed by atoms with van der Waals surface area (Å²) in [5.74, 6) is -2.18. The molecule has 84 valence electrons. The van der Waals surface area contributed by atoms with Gasteiger partial charge in [-0.3, -0.25) is 5.32 Å². The molecule has 0 heterocycles. The van der Waals surface area contributed by atoms with Gasteiger partial charge >= 0.3 is 0 Å². The Morgan fingerprint density at radius 2 is 2.25 bits per heavy atom. The number of rotatable bonds is 1. The first-order chi connectivity index (χ1) is 7.60. The molecule has 0 spiro atoms. The Morgan fingerprint density at radius 1 is 1.56 bits per heavy atom. The second kappa shape index (κ2) is 5.68. The van der Waals surface area contributed by atoms with Crippen LogP contribution >= 0.6 is 23.4 Å². The summed E-state index contributed by atoms with van der Waals surface area (Å²) in [7, 11) is 0.